The van der Waals surface area contributed by atoms with E-state index in [4.69, 9.17) is 0 Å². The molecule has 2 rings (SSSR count). The Bertz CT molecular complexity index is 325. The molecule has 2 atom stereocenters. The first-order chi connectivity index (χ1) is 7.12. The van der Waals surface area contributed by atoms with Crippen LogP contribution < -0.4 is 0 Å². The summed E-state index contributed by atoms with van der Waals surface area (Å²) in [5.74, 6) is 0. The summed E-state index contributed by atoms with van der Waals surface area (Å²) in [4.78, 5) is 2.23. The molecule has 1 aromatic carbocycles. The molecule has 1 saturated heterocycles. The van der Waals surface area contributed by atoms with Crippen LogP contribution in [0.3, 0.4) is 0 Å². The molecular formula is C13H19NO. The number of hydrogen-bond acceptors (Lipinski definition) is 2. The van der Waals surface area contributed by atoms with Crippen molar-refractivity contribution in [1.82, 2.24) is 4.90 Å². The molecular weight excluding hydrogens is 186 g/mol. The van der Waals surface area contributed by atoms with E-state index in [1.54, 1.807) is 0 Å². The fourth-order valence-electron chi connectivity index (χ4n) is 2.37. The molecule has 2 nitrogen and oxygen atoms in total. The number of rotatable bonds is 2. The highest BCUT2D eigenvalue weighted by molar-refractivity contribution is 5.18. The van der Waals surface area contributed by atoms with Gasteiger partial charge in [-0.25, -0.2) is 0 Å². The van der Waals surface area contributed by atoms with E-state index in [0.717, 1.165) is 19.4 Å². The lowest BCUT2D eigenvalue weighted by Gasteiger charge is -2.29. The summed E-state index contributed by atoms with van der Waals surface area (Å²) in [5, 5.41) is 10.5. The molecule has 1 aliphatic rings. The van der Waals surface area contributed by atoms with Crippen LogP contribution >= 0.6 is 0 Å². The van der Waals surface area contributed by atoms with Crippen molar-refractivity contribution in [3.63, 3.8) is 0 Å². The van der Waals surface area contributed by atoms with Crippen LogP contribution in [-0.2, 0) is 6.42 Å². The first-order valence-electron chi connectivity index (χ1n) is 5.58. The average Bonchev–Trinajstić information content (AvgIpc) is 2.48. The van der Waals surface area contributed by atoms with E-state index in [2.05, 4.69) is 31.0 Å². The molecule has 1 N–H and O–H groups in total. The minimum atomic E-state index is -0.546. The second kappa shape index (κ2) is 3.95. The van der Waals surface area contributed by atoms with E-state index < -0.39 is 5.60 Å². The maximum Gasteiger partial charge on any atom is 0.0851 e. The molecule has 1 aromatic rings. The first-order valence-corrected chi connectivity index (χ1v) is 5.58. The van der Waals surface area contributed by atoms with Gasteiger partial charge in [-0.05, 0) is 26.0 Å². The molecule has 0 aromatic heterocycles. The molecule has 0 radical (unpaired) electrons. The summed E-state index contributed by atoms with van der Waals surface area (Å²) in [6, 6.07) is 10.5. The van der Waals surface area contributed by atoms with Gasteiger partial charge >= 0.3 is 0 Å². The zero-order chi connectivity index (χ0) is 10.9. The van der Waals surface area contributed by atoms with Crippen molar-refractivity contribution in [1.29, 1.82) is 0 Å². The van der Waals surface area contributed by atoms with E-state index in [1.807, 2.05) is 18.2 Å². The van der Waals surface area contributed by atoms with Gasteiger partial charge in [0.2, 0.25) is 0 Å². The van der Waals surface area contributed by atoms with Crippen LogP contribution in [0.1, 0.15) is 18.9 Å². The highest BCUT2D eigenvalue weighted by Crippen LogP contribution is 2.30. The van der Waals surface area contributed by atoms with Gasteiger partial charge in [0, 0.05) is 19.0 Å². The third-order valence-corrected chi connectivity index (χ3v) is 3.69. The lowest BCUT2D eigenvalue weighted by molar-refractivity contribution is 0.0155. The molecule has 1 aliphatic heterocycles. The van der Waals surface area contributed by atoms with Crippen LogP contribution in [0.5, 0.6) is 0 Å². The van der Waals surface area contributed by atoms with Gasteiger partial charge in [-0.3, -0.25) is 0 Å². The number of likely N-dealkylation sites (tertiary alicyclic amines) is 1. The van der Waals surface area contributed by atoms with Gasteiger partial charge in [-0.1, -0.05) is 30.3 Å². The normalized spacial score (nSPS) is 32.1. The van der Waals surface area contributed by atoms with Gasteiger partial charge in [0.15, 0.2) is 0 Å². The van der Waals surface area contributed by atoms with Crippen LogP contribution in [-0.4, -0.2) is 35.2 Å². The van der Waals surface area contributed by atoms with Gasteiger partial charge in [0.1, 0.15) is 0 Å². The van der Waals surface area contributed by atoms with Gasteiger partial charge < -0.3 is 10.0 Å². The van der Waals surface area contributed by atoms with Gasteiger partial charge in [-0.2, -0.15) is 0 Å². The predicted octanol–water partition coefficient (Wildman–Crippen LogP) is 1.68. The van der Waals surface area contributed by atoms with E-state index >= 15 is 0 Å². The molecule has 15 heavy (non-hydrogen) atoms. The molecule has 1 heterocycles. The summed E-state index contributed by atoms with van der Waals surface area (Å²) in [6.07, 6.45) is 1.64. The quantitative estimate of drug-likeness (QED) is 0.794. The van der Waals surface area contributed by atoms with Crippen molar-refractivity contribution in [2.24, 2.45) is 0 Å². The van der Waals surface area contributed by atoms with Crippen LogP contribution in [0.2, 0.25) is 0 Å². The highest BCUT2D eigenvalue weighted by atomic mass is 16.3. The predicted molar refractivity (Wildman–Crippen MR) is 61.8 cm³/mol. The third kappa shape index (κ3) is 2.06. The van der Waals surface area contributed by atoms with E-state index in [-0.39, 0.29) is 6.04 Å². The van der Waals surface area contributed by atoms with Gasteiger partial charge in [0.05, 0.1) is 5.60 Å². The Morgan fingerprint density at radius 2 is 2.07 bits per heavy atom. The number of likely N-dealkylation sites (N-methyl/N-ethyl adjacent to an activating group) is 1. The Balaban J connectivity index is 2.12. The largest absolute Gasteiger partial charge is 0.388 e. The number of aliphatic hydroxyl groups is 1. The smallest absolute Gasteiger partial charge is 0.0851 e. The maximum absolute atomic E-state index is 10.5. The second-order valence-electron chi connectivity index (χ2n) is 4.67. The van der Waals surface area contributed by atoms with Crippen molar-refractivity contribution in [3.05, 3.63) is 35.9 Å². The monoisotopic (exact) mass is 205 g/mol. The summed E-state index contributed by atoms with van der Waals surface area (Å²) in [7, 11) is 2.08. The van der Waals surface area contributed by atoms with E-state index in [9.17, 15) is 5.11 Å². The van der Waals surface area contributed by atoms with E-state index in [1.165, 1.54) is 5.56 Å². The molecule has 0 amide bonds. The van der Waals surface area contributed by atoms with Crippen molar-refractivity contribution < 1.29 is 5.11 Å². The topological polar surface area (TPSA) is 23.5 Å². The molecule has 2 heteroatoms. The van der Waals surface area contributed by atoms with Gasteiger partial charge in [0.25, 0.3) is 0 Å². The number of hydrogen-bond donors (Lipinski definition) is 1. The molecule has 0 saturated carbocycles. The Morgan fingerprint density at radius 1 is 1.40 bits per heavy atom. The van der Waals surface area contributed by atoms with Crippen LogP contribution in [0.15, 0.2) is 30.3 Å². The standard InChI is InChI=1S/C13H19NO/c1-11-13(15,8-9-14(11)2)10-12-6-4-3-5-7-12/h3-7,11,15H,8-10H2,1-2H3/t11-,13+/m1/s1. The lowest BCUT2D eigenvalue weighted by atomic mass is 9.88. The first kappa shape index (κ1) is 10.7. The van der Waals surface area contributed by atoms with Crippen molar-refractivity contribution in [2.45, 2.75) is 31.4 Å². The molecule has 0 aliphatic carbocycles. The second-order valence-corrected chi connectivity index (χ2v) is 4.67. The molecule has 0 unspecified atom stereocenters. The molecule has 82 valence electrons. The Morgan fingerprint density at radius 3 is 2.60 bits per heavy atom. The average molecular weight is 205 g/mol. The summed E-state index contributed by atoms with van der Waals surface area (Å²) in [5.41, 5.74) is 0.679. The zero-order valence-corrected chi connectivity index (χ0v) is 9.48. The number of nitrogens with zero attached hydrogens (tertiary/aromatic N) is 1. The van der Waals surface area contributed by atoms with Crippen LogP contribution in [0.4, 0.5) is 0 Å². The minimum absolute atomic E-state index is 0.248. The van der Waals surface area contributed by atoms with Crippen LogP contribution in [0.25, 0.3) is 0 Å². The fraction of sp³-hybridized carbons (Fsp3) is 0.538. The zero-order valence-electron chi connectivity index (χ0n) is 9.48. The molecule has 0 spiro atoms. The van der Waals surface area contributed by atoms with Crippen molar-refractivity contribution >= 4 is 0 Å². The van der Waals surface area contributed by atoms with Crippen molar-refractivity contribution in [2.75, 3.05) is 13.6 Å². The molecule has 1 fully saturated rings. The highest BCUT2D eigenvalue weighted by Gasteiger charge is 2.41. The Kier molecular flexibility index (Phi) is 2.81. The van der Waals surface area contributed by atoms with Gasteiger partial charge in [-0.15, -0.1) is 0 Å². The van der Waals surface area contributed by atoms with Crippen molar-refractivity contribution in [3.8, 4) is 0 Å². The Labute approximate surface area is 91.5 Å². The van der Waals surface area contributed by atoms with E-state index in [0.29, 0.717) is 0 Å². The summed E-state index contributed by atoms with van der Waals surface area (Å²) >= 11 is 0. The summed E-state index contributed by atoms with van der Waals surface area (Å²) < 4.78 is 0. The Hall–Kier alpha value is -0.860. The maximum atomic E-state index is 10.5. The fourth-order valence-corrected chi connectivity index (χ4v) is 2.37. The van der Waals surface area contributed by atoms with Crippen LogP contribution in [0, 0.1) is 0 Å². The minimum Gasteiger partial charge on any atom is -0.388 e. The number of benzene rings is 1. The summed E-state index contributed by atoms with van der Waals surface area (Å²) in [6.45, 7) is 3.10. The lowest BCUT2D eigenvalue weighted by Crippen LogP contribution is -2.42. The molecule has 0 bridgehead atoms. The SMILES string of the molecule is C[C@H]1N(C)CC[C@]1(O)Cc1ccccc1. The third-order valence-electron chi connectivity index (χ3n) is 3.69.